The van der Waals surface area contributed by atoms with E-state index in [1.54, 1.807) is 4.57 Å². The highest BCUT2D eigenvalue weighted by Crippen LogP contribution is 2.33. The Kier molecular flexibility index (Phi) is 4.67. The van der Waals surface area contributed by atoms with Gasteiger partial charge in [0, 0.05) is 13.1 Å². The first-order chi connectivity index (χ1) is 14.2. The molecule has 0 radical (unpaired) electrons. The average Bonchev–Trinajstić information content (AvgIpc) is 3.20. The molecule has 29 heavy (non-hydrogen) atoms. The van der Waals surface area contributed by atoms with Gasteiger partial charge in [0.2, 0.25) is 0 Å². The zero-order valence-electron chi connectivity index (χ0n) is 15.8. The van der Waals surface area contributed by atoms with Crippen LogP contribution >= 0.6 is 0 Å². The van der Waals surface area contributed by atoms with Gasteiger partial charge in [0.05, 0.1) is 12.9 Å². The van der Waals surface area contributed by atoms with Crippen molar-refractivity contribution in [2.75, 3.05) is 18.1 Å². The van der Waals surface area contributed by atoms with E-state index in [1.165, 1.54) is 23.8 Å². The summed E-state index contributed by atoms with van der Waals surface area (Å²) in [6.45, 7) is 1.21. The van der Waals surface area contributed by atoms with Gasteiger partial charge in [-0.05, 0) is 24.0 Å². The van der Waals surface area contributed by atoms with Crippen molar-refractivity contribution in [3.05, 3.63) is 48.0 Å². The summed E-state index contributed by atoms with van der Waals surface area (Å²) in [6, 6.07) is 8.43. The van der Waals surface area contributed by atoms with Gasteiger partial charge in [0.15, 0.2) is 23.2 Å². The van der Waals surface area contributed by atoms with E-state index >= 15 is 0 Å². The molecule has 2 aliphatic rings. The van der Waals surface area contributed by atoms with Crippen molar-refractivity contribution in [2.24, 2.45) is 0 Å². The SMILES string of the molecule is OC[C@H]1O[C@@H](n2cnc3c(N4CCCc5ccccc5C4)ncnc32)[C@H](O)[C@@H]1O. The number of aliphatic hydroxyl groups is 3. The van der Waals surface area contributed by atoms with Gasteiger partial charge in [-0.1, -0.05) is 24.3 Å². The fourth-order valence-electron chi connectivity index (χ4n) is 4.25. The highest BCUT2D eigenvalue weighted by Gasteiger charge is 2.44. The largest absolute Gasteiger partial charge is 0.394 e. The van der Waals surface area contributed by atoms with Gasteiger partial charge in [-0.3, -0.25) is 4.57 Å². The second kappa shape index (κ2) is 7.34. The number of hydrogen-bond donors (Lipinski definition) is 3. The van der Waals surface area contributed by atoms with E-state index in [0.717, 1.165) is 31.7 Å². The van der Waals surface area contributed by atoms with Crippen LogP contribution in [0.3, 0.4) is 0 Å². The van der Waals surface area contributed by atoms with Crippen molar-refractivity contribution in [2.45, 2.75) is 43.9 Å². The molecule has 2 aromatic heterocycles. The first kappa shape index (κ1) is 18.4. The van der Waals surface area contributed by atoms with E-state index in [4.69, 9.17) is 4.74 Å². The molecule has 0 aliphatic carbocycles. The van der Waals surface area contributed by atoms with Crippen LogP contribution in [0, 0.1) is 0 Å². The summed E-state index contributed by atoms with van der Waals surface area (Å²) in [5.74, 6) is 0.734. The minimum Gasteiger partial charge on any atom is -0.394 e. The third kappa shape index (κ3) is 3.06. The van der Waals surface area contributed by atoms with Crippen molar-refractivity contribution in [1.82, 2.24) is 19.5 Å². The summed E-state index contributed by atoms with van der Waals surface area (Å²) in [7, 11) is 0. The van der Waals surface area contributed by atoms with Gasteiger partial charge in [-0.15, -0.1) is 0 Å². The Balaban J connectivity index is 1.51. The minimum absolute atomic E-state index is 0.380. The number of anilines is 1. The molecule has 1 aromatic carbocycles. The normalized spacial score (nSPS) is 27.2. The maximum atomic E-state index is 10.4. The van der Waals surface area contributed by atoms with E-state index in [1.807, 2.05) is 6.07 Å². The highest BCUT2D eigenvalue weighted by molar-refractivity contribution is 5.83. The summed E-state index contributed by atoms with van der Waals surface area (Å²) < 4.78 is 7.23. The molecule has 1 saturated heterocycles. The first-order valence-electron chi connectivity index (χ1n) is 9.79. The van der Waals surface area contributed by atoms with Crippen LogP contribution in [0.5, 0.6) is 0 Å². The Labute approximate surface area is 167 Å². The zero-order valence-corrected chi connectivity index (χ0v) is 15.8. The number of hydrogen-bond acceptors (Lipinski definition) is 8. The molecule has 5 rings (SSSR count). The fraction of sp³-hybridized carbons (Fsp3) is 0.450. The standard InChI is InChI=1S/C20H23N5O4/c26-9-14-16(27)17(28)20(29-14)25-11-23-15-18(21-10-22-19(15)25)24-7-3-6-12-4-1-2-5-13(12)8-24/h1-2,4-5,10-11,14,16-17,20,26-28H,3,6-9H2/t14-,16-,17-,20-/m1/s1. The van der Waals surface area contributed by atoms with Gasteiger partial charge in [0.1, 0.15) is 24.6 Å². The minimum atomic E-state index is -1.19. The van der Waals surface area contributed by atoms with Crippen LogP contribution < -0.4 is 4.90 Å². The molecule has 0 spiro atoms. The molecule has 0 bridgehead atoms. The summed E-state index contributed by atoms with van der Waals surface area (Å²) in [5.41, 5.74) is 3.77. The lowest BCUT2D eigenvalue weighted by Gasteiger charge is -2.22. The van der Waals surface area contributed by atoms with E-state index in [0.29, 0.717) is 11.2 Å². The topological polar surface area (TPSA) is 117 Å². The number of benzene rings is 1. The van der Waals surface area contributed by atoms with Crippen LogP contribution in [-0.2, 0) is 17.7 Å². The molecule has 9 nitrogen and oxygen atoms in total. The Morgan fingerprint density at radius 1 is 1.07 bits per heavy atom. The van der Waals surface area contributed by atoms with E-state index in [2.05, 4.69) is 38.1 Å². The molecule has 1 fully saturated rings. The van der Waals surface area contributed by atoms with Crippen LogP contribution in [-0.4, -0.2) is 66.3 Å². The molecule has 2 aliphatic heterocycles. The third-order valence-electron chi connectivity index (χ3n) is 5.78. The molecular formula is C20H23N5O4. The maximum absolute atomic E-state index is 10.4. The summed E-state index contributed by atoms with van der Waals surface area (Å²) in [6.07, 6.45) is 0.966. The van der Waals surface area contributed by atoms with Crippen molar-refractivity contribution in [3.8, 4) is 0 Å². The molecule has 4 heterocycles. The lowest BCUT2D eigenvalue weighted by atomic mass is 10.0. The molecule has 4 atom stereocenters. The van der Waals surface area contributed by atoms with Gasteiger partial charge < -0.3 is 25.0 Å². The molecule has 3 N–H and O–H groups in total. The number of imidazole rings is 1. The number of rotatable bonds is 3. The monoisotopic (exact) mass is 397 g/mol. The highest BCUT2D eigenvalue weighted by atomic mass is 16.6. The van der Waals surface area contributed by atoms with Crippen LogP contribution in [0.4, 0.5) is 5.82 Å². The summed E-state index contributed by atoms with van der Waals surface area (Å²) in [4.78, 5) is 15.5. The van der Waals surface area contributed by atoms with E-state index in [9.17, 15) is 15.3 Å². The Bertz CT molecular complexity index is 1030. The number of ether oxygens (including phenoxy) is 1. The lowest BCUT2D eigenvalue weighted by Crippen LogP contribution is -2.33. The Hall–Kier alpha value is -2.59. The Morgan fingerprint density at radius 2 is 1.90 bits per heavy atom. The zero-order chi connectivity index (χ0) is 20.0. The second-order valence-corrected chi connectivity index (χ2v) is 7.54. The Morgan fingerprint density at radius 3 is 2.69 bits per heavy atom. The molecule has 9 heteroatoms. The van der Waals surface area contributed by atoms with Crippen molar-refractivity contribution >= 4 is 17.0 Å². The maximum Gasteiger partial charge on any atom is 0.167 e. The third-order valence-corrected chi connectivity index (χ3v) is 5.78. The predicted molar refractivity (Wildman–Crippen MR) is 104 cm³/mol. The molecule has 152 valence electrons. The summed E-state index contributed by atoms with van der Waals surface area (Å²) >= 11 is 0. The van der Waals surface area contributed by atoms with Crippen molar-refractivity contribution in [3.63, 3.8) is 0 Å². The van der Waals surface area contributed by atoms with Crippen molar-refractivity contribution in [1.29, 1.82) is 0 Å². The number of aliphatic hydroxyl groups excluding tert-OH is 3. The molecule has 0 unspecified atom stereocenters. The van der Waals surface area contributed by atoms with Gasteiger partial charge in [0.25, 0.3) is 0 Å². The number of aromatic nitrogens is 4. The van der Waals surface area contributed by atoms with Crippen LogP contribution in [0.2, 0.25) is 0 Å². The fourth-order valence-corrected chi connectivity index (χ4v) is 4.25. The van der Waals surface area contributed by atoms with Gasteiger partial charge in [-0.2, -0.15) is 0 Å². The van der Waals surface area contributed by atoms with E-state index < -0.39 is 24.5 Å². The molecule has 0 amide bonds. The molecule has 3 aromatic rings. The van der Waals surface area contributed by atoms with Gasteiger partial charge in [-0.25, -0.2) is 15.0 Å². The lowest BCUT2D eigenvalue weighted by molar-refractivity contribution is -0.0511. The van der Waals surface area contributed by atoms with Crippen LogP contribution in [0.15, 0.2) is 36.9 Å². The number of aryl methyl sites for hydroxylation is 1. The quantitative estimate of drug-likeness (QED) is 0.581. The van der Waals surface area contributed by atoms with Crippen LogP contribution in [0.25, 0.3) is 11.2 Å². The predicted octanol–water partition coefficient (Wildman–Crippen LogP) is 0.391. The smallest absolute Gasteiger partial charge is 0.167 e. The second-order valence-electron chi connectivity index (χ2n) is 7.54. The summed E-state index contributed by atoms with van der Waals surface area (Å²) in [5, 5.41) is 29.8. The molecular weight excluding hydrogens is 374 g/mol. The van der Waals surface area contributed by atoms with Gasteiger partial charge >= 0.3 is 0 Å². The number of fused-ring (bicyclic) bond motifs is 2. The first-order valence-corrected chi connectivity index (χ1v) is 9.79. The van der Waals surface area contributed by atoms with Crippen LogP contribution in [0.1, 0.15) is 23.8 Å². The van der Waals surface area contributed by atoms with E-state index in [-0.39, 0.29) is 6.61 Å². The average molecular weight is 397 g/mol. The molecule has 0 saturated carbocycles. The number of nitrogens with zero attached hydrogens (tertiary/aromatic N) is 5. The van der Waals surface area contributed by atoms with Crippen molar-refractivity contribution < 1.29 is 20.1 Å².